The molecule has 314 valence electrons. The quantitative estimate of drug-likeness (QED) is 0.0308. The van der Waals surface area contributed by atoms with Gasteiger partial charge in [-0.3, -0.25) is 19.2 Å². The molecule has 0 aromatic rings. The van der Waals surface area contributed by atoms with Gasteiger partial charge in [0, 0.05) is 39.9 Å². The van der Waals surface area contributed by atoms with Crippen LogP contribution in [0.4, 0.5) is 26.3 Å². The number of rotatable bonds is 27. The Bertz CT molecular complexity index is 1090. The van der Waals surface area contributed by atoms with E-state index in [1.165, 1.54) is 28.4 Å². The second kappa shape index (κ2) is 26.7. The van der Waals surface area contributed by atoms with Crippen LogP contribution in [-0.2, 0) is 57.2 Å². The van der Waals surface area contributed by atoms with Crippen molar-refractivity contribution in [1.29, 1.82) is 0 Å². The van der Waals surface area contributed by atoms with E-state index in [-0.39, 0.29) is 50.0 Å². The standard InChI is InChI=1S/C30H48F6N4O12S2/c1-47-21(48-2)11-7-9-19(25(43)51-5)37-23(41)17(39-27(45)29(31,32)33)13-15-53-54-16-14-18(40-28(46)30(34,35)36)24(42)38-20(26(44)52-6)10-8-12-22(49-3)50-4/h17-22H,7-16H2,1-6H3,(H,37,41)(H,38,42)(H,39,45)(H,40,46)/t17-,18-,19-,20-/m0/s1. The minimum absolute atomic E-state index is 0.0196. The summed E-state index contributed by atoms with van der Waals surface area (Å²) in [5.41, 5.74) is 0. The molecular weight excluding hydrogens is 786 g/mol. The summed E-state index contributed by atoms with van der Waals surface area (Å²) in [5.74, 6) is -9.14. The zero-order valence-corrected chi connectivity index (χ0v) is 32.2. The van der Waals surface area contributed by atoms with Crippen LogP contribution in [0.5, 0.6) is 0 Å². The van der Waals surface area contributed by atoms with Gasteiger partial charge in [0.15, 0.2) is 12.6 Å². The number of nitrogens with one attached hydrogen (secondary N) is 4. The first-order valence-electron chi connectivity index (χ1n) is 16.2. The molecule has 0 saturated heterocycles. The second-order valence-electron chi connectivity index (χ2n) is 11.1. The van der Waals surface area contributed by atoms with Gasteiger partial charge < -0.3 is 49.7 Å². The molecule has 0 heterocycles. The summed E-state index contributed by atoms with van der Waals surface area (Å²) in [4.78, 5) is 74.1. The minimum atomic E-state index is -5.35. The fourth-order valence-electron chi connectivity index (χ4n) is 4.44. The molecule has 0 unspecified atom stereocenters. The summed E-state index contributed by atoms with van der Waals surface area (Å²) in [5, 5.41) is 7.72. The van der Waals surface area contributed by atoms with Crippen LogP contribution in [0, 0.1) is 0 Å². The fourth-order valence-corrected chi connectivity index (χ4v) is 6.62. The first-order chi connectivity index (χ1) is 25.3. The maximum atomic E-state index is 13.1. The molecule has 16 nitrogen and oxygen atoms in total. The lowest BCUT2D eigenvalue weighted by Gasteiger charge is -2.23. The highest BCUT2D eigenvalue weighted by Gasteiger charge is 2.42. The number of ether oxygens (including phenoxy) is 6. The van der Waals surface area contributed by atoms with Crippen LogP contribution in [0.1, 0.15) is 51.4 Å². The molecular formula is C30H48F6N4O12S2. The van der Waals surface area contributed by atoms with Crippen LogP contribution in [0.3, 0.4) is 0 Å². The van der Waals surface area contributed by atoms with Crippen LogP contribution >= 0.6 is 21.6 Å². The first kappa shape index (κ1) is 50.9. The van der Waals surface area contributed by atoms with Gasteiger partial charge in [-0.05, 0) is 51.4 Å². The van der Waals surface area contributed by atoms with E-state index in [0.29, 0.717) is 0 Å². The van der Waals surface area contributed by atoms with Crippen molar-refractivity contribution in [1.82, 2.24) is 21.3 Å². The molecule has 54 heavy (non-hydrogen) atoms. The van der Waals surface area contributed by atoms with Crippen LogP contribution in [0.25, 0.3) is 0 Å². The predicted molar refractivity (Wildman–Crippen MR) is 181 cm³/mol. The summed E-state index contributed by atoms with van der Waals surface area (Å²) < 4.78 is 108. The number of hydrogen-bond donors (Lipinski definition) is 4. The molecule has 0 bridgehead atoms. The van der Waals surface area contributed by atoms with E-state index in [2.05, 4.69) is 20.1 Å². The van der Waals surface area contributed by atoms with Gasteiger partial charge in [0.1, 0.15) is 24.2 Å². The van der Waals surface area contributed by atoms with E-state index in [0.717, 1.165) is 35.8 Å². The van der Waals surface area contributed by atoms with Gasteiger partial charge in [0.2, 0.25) is 11.8 Å². The Labute approximate surface area is 316 Å². The average molecular weight is 835 g/mol. The number of hydrogen-bond acceptors (Lipinski definition) is 14. The van der Waals surface area contributed by atoms with Crippen molar-refractivity contribution >= 4 is 57.2 Å². The number of methoxy groups -OCH3 is 6. The van der Waals surface area contributed by atoms with Gasteiger partial charge in [-0.1, -0.05) is 21.6 Å². The molecule has 4 atom stereocenters. The number of amides is 4. The molecule has 0 radical (unpaired) electrons. The third-order valence-corrected chi connectivity index (χ3v) is 9.81. The van der Waals surface area contributed by atoms with Crippen molar-refractivity contribution in [3.63, 3.8) is 0 Å². The normalized spacial score (nSPS) is 14.1. The maximum Gasteiger partial charge on any atom is 0.471 e. The van der Waals surface area contributed by atoms with E-state index >= 15 is 0 Å². The van der Waals surface area contributed by atoms with Gasteiger partial charge in [-0.15, -0.1) is 0 Å². The van der Waals surface area contributed by atoms with Gasteiger partial charge >= 0.3 is 36.1 Å². The minimum Gasteiger partial charge on any atom is -0.467 e. The molecule has 0 saturated carbocycles. The maximum absolute atomic E-state index is 13.1. The summed E-state index contributed by atoms with van der Waals surface area (Å²) in [6.07, 6.45) is -11.7. The van der Waals surface area contributed by atoms with Crippen molar-refractivity contribution in [2.75, 3.05) is 54.2 Å². The molecule has 0 fully saturated rings. The van der Waals surface area contributed by atoms with Gasteiger partial charge in [-0.2, -0.15) is 26.3 Å². The zero-order chi connectivity index (χ0) is 41.5. The number of halogens is 6. The summed E-state index contributed by atoms with van der Waals surface area (Å²) in [6, 6.07) is -6.17. The molecule has 0 rings (SSSR count). The molecule has 0 aromatic heterocycles. The highest BCUT2D eigenvalue weighted by atomic mass is 33.1. The molecule has 4 amide bonds. The van der Waals surface area contributed by atoms with Crippen molar-refractivity contribution in [3.8, 4) is 0 Å². The number of carbonyl (C=O) groups is 6. The molecule has 4 N–H and O–H groups in total. The topological polar surface area (TPSA) is 206 Å². The Balaban J connectivity index is 5.62. The smallest absolute Gasteiger partial charge is 0.467 e. The van der Waals surface area contributed by atoms with E-state index in [1.54, 1.807) is 10.6 Å². The van der Waals surface area contributed by atoms with Crippen LogP contribution in [0.2, 0.25) is 0 Å². The van der Waals surface area contributed by atoms with Crippen molar-refractivity contribution in [3.05, 3.63) is 0 Å². The highest BCUT2D eigenvalue weighted by Crippen LogP contribution is 2.25. The van der Waals surface area contributed by atoms with Crippen LogP contribution in [0.15, 0.2) is 0 Å². The largest absolute Gasteiger partial charge is 0.471 e. The Kier molecular flexibility index (Phi) is 25.2. The van der Waals surface area contributed by atoms with Crippen molar-refractivity contribution in [2.24, 2.45) is 0 Å². The lowest BCUT2D eigenvalue weighted by atomic mass is 10.1. The summed E-state index contributed by atoms with van der Waals surface area (Å²) in [7, 11) is 9.44. The summed E-state index contributed by atoms with van der Waals surface area (Å²) >= 11 is 0. The first-order valence-corrected chi connectivity index (χ1v) is 18.7. The molecule has 0 aromatic carbocycles. The Morgan fingerprint density at radius 3 is 1.06 bits per heavy atom. The van der Waals surface area contributed by atoms with Crippen molar-refractivity contribution < 1.29 is 83.5 Å². The monoisotopic (exact) mass is 834 g/mol. The molecule has 0 aliphatic carbocycles. The number of esters is 2. The number of carbonyl (C=O) groups excluding carboxylic acids is 6. The molecule has 0 spiro atoms. The summed E-state index contributed by atoms with van der Waals surface area (Å²) in [6.45, 7) is 0. The SMILES string of the molecule is COC(=O)[C@H](CCCC(OC)OC)NC(=O)[C@H](CCSSCC[C@H](NC(=O)C(F)(F)F)C(=O)N[C@@H](CCCC(OC)OC)C(=O)OC)NC(=O)C(F)(F)F. The second-order valence-corrected chi connectivity index (χ2v) is 13.8. The zero-order valence-electron chi connectivity index (χ0n) is 30.5. The lowest BCUT2D eigenvalue weighted by molar-refractivity contribution is -0.174. The highest BCUT2D eigenvalue weighted by molar-refractivity contribution is 8.76. The van der Waals surface area contributed by atoms with Gasteiger partial charge in [-0.25, -0.2) is 9.59 Å². The van der Waals surface area contributed by atoms with Gasteiger partial charge in [0.05, 0.1) is 14.2 Å². The lowest BCUT2D eigenvalue weighted by Crippen LogP contribution is -2.54. The van der Waals surface area contributed by atoms with Crippen molar-refractivity contribution in [2.45, 2.75) is 100 Å². The van der Waals surface area contributed by atoms with E-state index in [9.17, 15) is 55.1 Å². The Hall–Kier alpha value is -3.06. The Morgan fingerprint density at radius 1 is 0.481 bits per heavy atom. The van der Waals surface area contributed by atoms with Gasteiger partial charge in [0.25, 0.3) is 0 Å². The molecule has 0 aliphatic rings. The third-order valence-electron chi connectivity index (χ3n) is 7.34. The van der Waals surface area contributed by atoms with E-state index < -0.39 is 97.5 Å². The third kappa shape index (κ3) is 20.6. The number of alkyl halides is 6. The van der Waals surface area contributed by atoms with E-state index in [1.807, 2.05) is 0 Å². The van der Waals surface area contributed by atoms with Crippen LogP contribution < -0.4 is 21.3 Å². The average Bonchev–Trinajstić information content (AvgIpc) is 3.12. The predicted octanol–water partition coefficient (Wildman–Crippen LogP) is 2.14. The van der Waals surface area contributed by atoms with E-state index in [4.69, 9.17) is 18.9 Å². The molecule has 0 aliphatic heterocycles. The fraction of sp³-hybridized carbons (Fsp3) is 0.800. The molecule has 24 heteroatoms. The van der Waals surface area contributed by atoms with Crippen LogP contribution in [-0.4, -0.2) is 139 Å². The Morgan fingerprint density at radius 2 is 0.796 bits per heavy atom.